The third kappa shape index (κ3) is 4.00. The molecule has 6 nitrogen and oxygen atoms in total. The maximum absolute atomic E-state index is 13.3. The maximum atomic E-state index is 13.3. The first-order chi connectivity index (χ1) is 15.7. The average Bonchev–Trinajstić information content (AvgIpc) is 3.47. The number of pyridine rings is 2. The third-order valence-electron chi connectivity index (χ3n) is 5.31. The van der Waals surface area contributed by atoms with Crippen LogP contribution in [0.2, 0.25) is 0 Å². The minimum Gasteiger partial charge on any atom is -0.350 e. The van der Waals surface area contributed by atoms with Gasteiger partial charge in [0.1, 0.15) is 11.6 Å². The SMILES string of the molecule is O=C(NCCc1ccncc1)c1ccn(-c2ccc3ccc(-c4ccc(F)cc4)cn23)n1. The fourth-order valence-corrected chi connectivity index (χ4v) is 3.62. The lowest BCUT2D eigenvalue weighted by molar-refractivity contribution is 0.0948. The highest BCUT2D eigenvalue weighted by Gasteiger charge is 2.12. The van der Waals surface area contributed by atoms with Gasteiger partial charge in [0.15, 0.2) is 5.69 Å². The van der Waals surface area contributed by atoms with Gasteiger partial charge in [-0.05, 0) is 71.6 Å². The van der Waals surface area contributed by atoms with Crippen molar-refractivity contribution in [2.75, 3.05) is 6.54 Å². The molecule has 4 aromatic heterocycles. The Balaban J connectivity index is 1.35. The number of nitrogens with one attached hydrogen (secondary N) is 1. The number of aromatic nitrogens is 4. The molecule has 1 N–H and O–H groups in total. The smallest absolute Gasteiger partial charge is 0.271 e. The van der Waals surface area contributed by atoms with E-state index in [1.165, 1.54) is 12.1 Å². The van der Waals surface area contributed by atoms with Gasteiger partial charge < -0.3 is 9.72 Å². The number of hydrogen-bond donors (Lipinski definition) is 1. The van der Waals surface area contributed by atoms with E-state index in [2.05, 4.69) is 15.4 Å². The number of benzene rings is 1. The second-order valence-electron chi connectivity index (χ2n) is 7.42. The van der Waals surface area contributed by atoms with Gasteiger partial charge in [0.05, 0.1) is 0 Å². The minimum atomic E-state index is -0.264. The van der Waals surface area contributed by atoms with E-state index in [4.69, 9.17) is 0 Å². The molecule has 0 saturated carbocycles. The molecule has 5 aromatic rings. The summed E-state index contributed by atoms with van der Waals surface area (Å²) in [6.45, 7) is 0.519. The fourth-order valence-electron chi connectivity index (χ4n) is 3.62. The molecular formula is C25H20FN5O. The minimum absolute atomic E-state index is 0.217. The average molecular weight is 425 g/mol. The van der Waals surface area contributed by atoms with E-state index in [1.54, 1.807) is 41.5 Å². The number of rotatable bonds is 6. The van der Waals surface area contributed by atoms with Crippen molar-refractivity contribution in [3.8, 4) is 16.9 Å². The van der Waals surface area contributed by atoms with Gasteiger partial charge in [-0.25, -0.2) is 9.07 Å². The Hall–Kier alpha value is -4.26. The van der Waals surface area contributed by atoms with Crippen LogP contribution in [0.4, 0.5) is 4.39 Å². The Labute approximate surface area is 184 Å². The number of carbonyl (C=O) groups is 1. The fraction of sp³-hybridized carbons (Fsp3) is 0.0800. The van der Waals surface area contributed by atoms with Crippen LogP contribution in [0.1, 0.15) is 16.1 Å². The molecule has 0 bridgehead atoms. The summed E-state index contributed by atoms with van der Waals surface area (Å²) >= 11 is 0. The predicted molar refractivity (Wildman–Crippen MR) is 120 cm³/mol. The first-order valence-electron chi connectivity index (χ1n) is 10.3. The lowest BCUT2D eigenvalue weighted by Crippen LogP contribution is -2.26. The molecule has 32 heavy (non-hydrogen) atoms. The Kier molecular flexibility index (Phi) is 5.21. The van der Waals surface area contributed by atoms with Gasteiger partial charge in [-0.1, -0.05) is 18.2 Å². The van der Waals surface area contributed by atoms with Crippen LogP contribution in [0.3, 0.4) is 0 Å². The van der Waals surface area contributed by atoms with Crippen molar-refractivity contribution in [1.82, 2.24) is 24.5 Å². The van der Waals surface area contributed by atoms with Gasteiger partial charge in [0.2, 0.25) is 0 Å². The van der Waals surface area contributed by atoms with Crippen molar-refractivity contribution >= 4 is 11.4 Å². The van der Waals surface area contributed by atoms with Crippen LogP contribution in [0.5, 0.6) is 0 Å². The third-order valence-corrected chi connectivity index (χ3v) is 5.31. The molecule has 1 amide bonds. The number of carbonyl (C=O) groups excluding carboxylic acids is 1. The van der Waals surface area contributed by atoms with Crippen molar-refractivity contribution in [1.29, 1.82) is 0 Å². The summed E-state index contributed by atoms with van der Waals surface area (Å²) in [5.74, 6) is 0.324. The molecule has 1 aromatic carbocycles. The summed E-state index contributed by atoms with van der Waals surface area (Å²) in [5.41, 5.74) is 4.33. The van der Waals surface area contributed by atoms with E-state index in [0.29, 0.717) is 12.2 Å². The normalized spacial score (nSPS) is 11.0. The van der Waals surface area contributed by atoms with Crippen LogP contribution < -0.4 is 5.32 Å². The first kappa shape index (κ1) is 19.7. The van der Waals surface area contributed by atoms with Crippen molar-refractivity contribution < 1.29 is 9.18 Å². The van der Waals surface area contributed by atoms with E-state index < -0.39 is 0 Å². The highest BCUT2D eigenvalue weighted by atomic mass is 19.1. The summed E-state index contributed by atoms with van der Waals surface area (Å²) in [4.78, 5) is 16.5. The molecule has 0 aliphatic heterocycles. The Bertz CT molecular complexity index is 1370. The predicted octanol–water partition coefficient (Wildman–Crippen LogP) is 4.30. The molecule has 5 rings (SSSR count). The maximum Gasteiger partial charge on any atom is 0.271 e. The largest absolute Gasteiger partial charge is 0.350 e. The molecule has 0 fully saturated rings. The Morgan fingerprint density at radius 2 is 1.66 bits per heavy atom. The molecule has 7 heteroatoms. The van der Waals surface area contributed by atoms with Gasteiger partial charge in [-0.3, -0.25) is 9.78 Å². The molecule has 0 unspecified atom stereocenters. The summed E-state index contributed by atoms with van der Waals surface area (Å²) in [5, 5.41) is 7.37. The van der Waals surface area contributed by atoms with Gasteiger partial charge in [-0.2, -0.15) is 5.10 Å². The van der Waals surface area contributed by atoms with E-state index in [0.717, 1.165) is 34.4 Å². The first-order valence-corrected chi connectivity index (χ1v) is 10.3. The number of hydrogen-bond acceptors (Lipinski definition) is 3. The molecule has 158 valence electrons. The standard InChI is InChI=1S/C25H20FN5O/c26-21-4-1-19(2-5-21)20-3-6-22-7-8-24(30(22)17-20)31-16-12-23(29-31)25(32)28-15-11-18-9-13-27-14-10-18/h1-10,12-14,16-17H,11,15H2,(H,28,32). The van der Waals surface area contributed by atoms with E-state index in [1.807, 2.05) is 47.0 Å². The van der Waals surface area contributed by atoms with Crippen molar-refractivity contribution in [3.63, 3.8) is 0 Å². The zero-order valence-electron chi connectivity index (χ0n) is 17.1. The molecule has 0 aliphatic carbocycles. The summed E-state index contributed by atoms with van der Waals surface area (Å²) in [6, 6.07) is 19.9. The zero-order valence-corrected chi connectivity index (χ0v) is 17.1. The second-order valence-corrected chi connectivity index (χ2v) is 7.42. The number of nitrogens with zero attached hydrogens (tertiary/aromatic N) is 4. The zero-order chi connectivity index (χ0) is 21.9. The van der Waals surface area contributed by atoms with Crippen LogP contribution in [0.25, 0.3) is 22.5 Å². The summed E-state index contributed by atoms with van der Waals surface area (Å²) < 4.78 is 16.9. The summed E-state index contributed by atoms with van der Waals surface area (Å²) in [6.07, 6.45) is 7.95. The van der Waals surface area contributed by atoms with Crippen molar-refractivity contribution in [2.45, 2.75) is 6.42 Å². The highest BCUT2D eigenvalue weighted by Crippen LogP contribution is 2.23. The van der Waals surface area contributed by atoms with Crippen LogP contribution in [0, 0.1) is 5.82 Å². The Morgan fingerprint density at radius 3 is 2.47 bits per heavy atom. The van der Waals surface area contributed by atoms with Crippen molar-refractivity contribution in [3.05, 3.63) is 109 Å². The number of fused-ring (bicyclic) bond motifs is 1. The number of amides is 1. The van der Waals surface area contributed by atoms with Gasteiger partial charge in [0.25, 0.3) is 5.91 Å². The molecular weight excluding hydrogens is 405 g/mol. The summed E-state index contributed by atoms with van der Waals surface area (Å²) in [7, 11) is 0. The lowest BCUT2D eigenvalue weighted by Gasteiger charge is -2.07. The van der Waals surface area contributed by atoms with Crippen molar-refractivity contribution in [2.24, 2.45) is 0 Å². The quantitative estimate of drug-likeness (QED) is 0.441. The van der Waals surface area contributed by atoms with Crippen LogP contribution >= 0.6 is 0 Å². The van der Waals surface area contributed by atoms with Crippen LogP contribution in [-0.4, -0.2) is 31.6 Å². The van der Waals surface area contributed by atoms with E-state index in [-0.39, 0.29) is 11.7 Å². The molecule has 0 radical (unpaired) electrons. The van der Waals surface area contributed by atoms with Crippen LogP contribution in [-0.2, 0) is 6.42 Å². The van der Waals surface area contributed by atoms with Crippen LogP contribution in [0.15, 0.2) is 91.5 Å². The monoisotopic (exact) mass is 425 g/mol. The highest BCUT2D eigenvalue weighted by molar-refractivity contribution is 5.92. The van der Waals surface area contributed by atoms with E-state index >= 15 is 0 Å². The van der Waals surface area contributed by atoms with E-state index in [9.17, 15) is 9.18 Å². The molecule has 0 aliphatic rings. The molecule has 0 saturated heterocycles. The molecule has 0 spiro atoms. The number of halogens is 1. The lowest BCUT2D eigenvalue weighted by atomic mass is 10.1. The van der Waals surface area contributed by atoms with Gasteiger partial charge >= 0.3 is 0 Å². The van der Waals surface area contributed by atoms with Gasteiger partial charge in [-0.15, -0.1) is 0 Å². The Morgan fingerprint density at radius 1 is 0.906 bits per heavy atom. The second kappa shape index (κ2) is 8.47. The molecule has 4 heterocycles. The molecule has 0 atom stereocenters. The van der Waals surface area contributed by atoms with Gasteiger partial charge in [0, 0.05) is 36.8 Å². The topological polar surface area (TPSA) is 64.2 Å².